The molecule has 0 aliphatic carbocycles. The highest BCUT2D eigenvalue weighted by atomic mass is 16.6. The van der Waals surface area contributed by atoms with Crippen molar-refractivity contribution in [2.75, 3.05) is 5.73 Å². The van der Waals surface area contributed by atoms with E-state index in [4.69, 9.17) is 5.73 Å². The van der Waals surface area contributed by atoms with E-state index >= 15 is 0 Å². The normalized spacial score (nSPS) is 11.2. The molecule has 1 aromatic carbocycles. The Kier molecular flexibility index (Phi) is 2.88. The van der Waals surface area contributed by atoms with Crippen LogP contribution in [0.25, 0.3) is 10.9 Å². The van der Waals surface area contributed by atoms with E-state index in [1.54, 1.807) is 6.20 Å². The van der Waals surface area contributed by atoms with E-state index in [9.17, 15) is 4.79 Å². The van der Waals surface area contributed by atoms with Gasteiger partial charge in [-0.1, -0.05) is 18.2 Å². The van der Waals surface area contributed by atoms with Crippen LogP contribution in [0.2, 0.25) is 0 Å². The maximum Gasteiger partial charge on any atom is 0.297 e. The van der Waals surface area contributed by atoms with Crippen molar-refractivity contribution in [2.45, 2.75) is 0 Å². The molecular weight excluding hydrogens is 260 g/mol. The van der Waals surface area contributed by atoms with Crippen molar-refractivity contribution in [2.24, 2.45) is 5.10 Å². The summed E-state index contributed by atoms with van der Waals surface area (Å²) < 4.78 is 4.33. The zero-order chi connectivity index (χ0) is 13.9. The van der Waals surface area contributed by atoms with Gasteiger partial charge in [-0.05, 0) is 16.4 Å². The Morgan fingerprint density at radius 3 is 3.05 bits per heavy atom. The molecule has 8 nitrogen and oxygen atoms in total. The molecule has 3 rings (SSSR count). The first-order valence-electron chi connectivity index (χ1n) is 5.73. The minimum absolute atomic E-state index is 0.0789. The van der Waals surface area contributed by atoms with E-state index in [2.05, 4.69) is 30.5 Å². The lowest BCUT2D eigenvalue weighted by Gasteiger charge is -1.94. The lowest BCUT2D eigenvalue weighted by Crippen LogP contribution is -2.19. The second-order valence-electron chi connectivity index (χ2n) is 3.99. The molecule has 2 aromatic heterocycles. The van der Waals surface area contributed by atoms with Crippen LogP contribution in [0.3, 0.4) is 0 Å². The molecule has 100 valence electrons. The molecule has 0 bridgehead atoms. The van der Waals surface area contributed by atoms with Gasteiger partial charge in [0.25, 0.3) is 5.91 Å². The summed E-state index contributed by atoms with van der Waals surface area (Å²) >= 11 is 0. The third-order valence-electron chi connectivity index (χ3n) is 2.72. The molecule has 0 saturated carbocycles. The van der Waals surface area contributed by atoms with Crippen molar-refractivity contribution < 1.29 is 9.42 Å². The molecule has 0 saturated heterocycles. The maximum absolute atomic E-state index is 11.6. The van der Waals surface area contributed by atoms with Crippen LogP contribution in [0, 0.1) is 0 Å². The minimum atomic E-state index is -0.583. The van der Waals surface area contributed by atoms with Gasteiger partial charge in [-0.15, -0.1) is 0 Å². The number of nitrogens with one attached hydrogen (secondary N) is 2. The zero-order valence-corrected chi connectivity index (χ0v) is 10.2. The van der Waals surface area contributed by atoms with Crippen LogP contribution >= 0.6 is 0 Å². The average Bonchev–Trinajstić information content (AvgIpc) is 3.05. The van der Waals surface area contributed by atoms with Gasteiger partial charge in [-0.25, -0.2) is 10.1 Å². The second kappa shape index (κ2) is 4.84. The number of aromatic nitrogens is 3. The topological polar surface area (TPSA) is 122 Å². The molecule has 0 aliphatic rings. The summed E-state index contributed by atoms with van der Waals surface area (Å²) in [5.74, 6) is -0.662. The van der Waals surface area contributed by atoms with Crippen LogP contribution in [0.4, 0.5) is 5.82 Å². The summed E-state index contributed by atoms with van der Waals surface area (Å²) in [6, 6.07) is 7.76. The lowest BCUT2D eigenvalue weighted by molar-refractivity contribution is 0.0946. The molecule has 1 amide bonds. The molecule has 0 unspecified atom stereocenters. The number of H-pyrrole nitrogens is 1. The molecule has 0 fully saturated rings. The zero-order valence-electron chi connectivity index (χ0n) is 10.2. The minimum Gasteiger partial charge on any atom is -0.379 e. The molecule has 4 N–H and O–H groups in total. The van der Waals surface area contributed by atoms with Gasteiger partial charge in [0, 0.05) is 22.7 Å². The molecule has 0 atom stereocenters. The molecular formula is C12H10N6O2. The van der Waals surface area contributed by atoms with Crippen molar-refractivity contribution in [1.29, 1.82) is 0 Å². The van der Waals surface area contributed by atoms with Crippen molar-refractivity contribution in [3.63, 3.8) is 0 Å². The number of aromatic amines is 1. The van der Waals surface area contributed by atoms with Gasteiger partial charge in [0.15, 0.2) is 0 Å². The van der Waals surface area contributed by atoms with Crippen LogP contribution in [0.15, 0.2) is 40.2 Å². The van der Waals surface area contributed by atoms with Gasteiger partial charge in [-0.2, -0.15) is 5.10 Å². The largest absolute Gasteiger partial charge is 0.379 e. The van der Waals surface area contributed by atoms with E-state index in [-0.39, 0.29) is 11.5 Å². The van der Waals surface area contributed by atoms with Gasteiger partial charge in [-0.3, -0.25) is 4.79 Å². The smallest absolute Gasteiger partial charge is 0.297 e. The fourth-order valence-corrected chi connectivity index (χ4v) is 1.77. The van der Waals surface area contributed by atoms with E-state index in [0.717, 1.165) is 16.5 Å². The molecule has 3 aromatic rings. The number of benzene rings is 1. The van der Waals surface area contributed by atoms with E-state index in [1.807, 2.05) is 24.3 Å². The van der Waals surface area contributed by atoms with Crippen molar-refractivity contribution in [1.82, 2.24) is 20.7 Å². The van der Waals surface area contributed by atoms with Gasteiger partial charge >= 0.3 is 0 Å². The Bertz CT molecular complexity index is 788. The number of carbonyl (C=O) groups is 1. The van der Waals surface area contributed by atoms with Gasteiger partial charge < -0.3 is 10.7 Å². The predicted molar refractivity (Wildman–Crippen MR) is 72.1 cm³/mol. The number of hydrazone groups is 1. The van der Waals surface area contributed by atoms with Gasteiger partial charge in [0.05, 0.1) is 6.21 Å². The predicted octanol–water partition coefficient (Wildman–Crippen LogP) is 0.897. The number of hydrogen-bond donors (Lipinski definition) is 3. The number of hydrogen-bond acceptors (Lipinski definition) is 6. The van der Waals surface area contributed by atoms with Crippen molar-refractivity contribution in [3.8, 4) is 0 Å². The summed E-state index contributed by atoms with van der Waals surface area (Å²) in [6.07, 6.45) is 3.33. The molecule has 0 radical (unpaired) electrons. The van der Waals surface area contributed by atoms with Crippen molar-refractivity contribution >= 4 is 28.8 Å². The summed E-state index contributed by atoms with van der Waals surface area (Å²) in [5.41, 5.74) is 9.45. The van der Waals surface area contributed by atoms with Crippen LogP contribution in [-0.4, -0.2) is 27.4 Å². The first-order chi connectivity index (χ1) is 9.75. The quantitative estimate of drug-likeness (QED) is 0.482. The molecule has 20 heavy (non-hydrogen) atoms. The maximum atomic E-state index is 11.6. The SMILES string of the molecule is Nc1nonc1C(=O)NN=Cc1c[nH]c2ccccc12. The highest BCUT2D eigenvalue weighted by molar-refractivity contribution is 6.00. The Morgan fingerprint density at radius 2 is 2.25 bits per heavy atom. The standard InChI is InChI=1S/C12H10N6O2/c13-11-10(17-20-18-11)12(19)16-15-6-7-5-14-9-4-2-1-3-8(7)9/h1-6,14H,(H2,13,18)(H,16,19). The van der Waals surface area contributed by atoms with E-state index < -0.39 is 5.91 Å². The number of para-hydroxylation sites is 1. The average molecular weight is 270 g/mol. The Morgan fingerprint density at radius 1 is 1.40 bits per heavy atom. The Balaban J connectivity index is 1.75. The van der Waals surface area contributed by atoms with Crippen molar-refractivity contribution in [3.05, 3.63) is 41.7 Å². The lowest BCUT2D eigenvalue weighted by atomic mass is 10.2. The van der Waals surface area contributed by atoms with E-state index in [1.165, 1.54) is 6.21 Å². The summed E-state index contributed by atoms with van der Waals surface area (Å²) in [5, 5.41) is 11.5. The van der Waals surface area contributed by atoms with Gasteiger partial charge in [0.1, 0.15) is 0 Å². The summed E-state index contributed by atoms with van der Waals surface area (Å²) in [4.78, 5) is 14.7. The van der Waals surface area contributed by atoms with Gasteiger partial charge in [0.2, 0.25) is 11.5 Å². The fourth-order valence-electron chi connectivity index (χ4n) is 1.77. The number of amides is 1. The van der Waals surface area contributed by atoms with Crippen LogP contribution in [0.1, 0.15) is 16.1 Å². The third-order valence-corrected chi connectivity index (χ3v) is 2.72. The fraction of sp³-hybridized carbons (Fsp3) is 0. The Labute approximate surface area is 112 Å². The first-order valence-corrected chi connectivity index (χ1v) is 5.73. The number of fused-ring (bicyclic) bond motifs is 1. The molecule has 2 heterocycles. The molecule has 8 heteroatoms. The van der Waals surface area contributed by atoms with E-state index in [0.29, 0.717) is 0 Å². The highest BCUT2D eigenvalue weighted by Crippen LogP contribution is 2.15. The second-order valence-corrected chi connectivity index (χ2v) is 3.99. The third kappa shape index (κ3) is 2.09. The van der Waals surface area contributed by atoms with Crippen LogP contribution in [0.5, 0.6) is 0 Å². The highest BCUT2D eigenvalue weighted by Gasteiger charge is 2.14. The monoisotopic (exact) mass is 270 g/mol. The summed E-state index contributed by atoms with van der Waals surface area (Å²) in [7, 11) is 0. The van der Waals surface area contributed by atoms with Crippen LogP contribution < -0.4 is 11.2 Å². The number of nitrogens with zero attached hydrogens (tertiary/aromatic N) is 3. The number of carbonyl (C=O) groups excluding carboxylic acids is 1. The molecule has 0 aliphatic heterocycles. The molecule has 0 spiro atoms. The Hall–Kier alpha value is -3.16. The number of rotatable bonds is 3. The summed E-state index contributed by atoms with van der Waals surface area (Å²) in [6.45, 7) is 0. The van der Waals surface area contributed by atoms with Crippen LogP contribution in [-0.2, 0) is 0 Å². The first kappa shape index (κ1) is 11.9. The number of anilines is 1. The number of nitrogen functional groups attached to an aromatic ring is 1. The number of nitrogens with two attached hydrogens (primary N) is 1.